The monoisotopic (exact) mass is 262 g/mol. The van der Waals surface area contributed by atoms with Gasteiger partial charge in [-0.1, -0.05) is 30.3 Å². The molecule has 19 heavy (non-hydrogen) atoms. The Hall–Kier alpha value is -1.39. The van der Waals surface area contributed by atoms with Gasteiger partial charge in [0.1, 0.15) is 6.23 Å². The van der Waals surface area contributed by atoms with Crippen molar-refractivity contribution in [3.05, 3.63) is 35.9 Å². The van der Waals surface area contributed by atoms with E-state index >= 15 is 0 Å². The van der Waals surface area contributed by atoms with Gasteiger partial charge in [0, 0.05) is 0 Å². The zero-order valence-electron chi connectivity index (χ0n) is 11.4. The average molecular weight is 262 g/mol. The molecule has 0 radical (unpaired) electrons. The second-order valence-corrected chi connectivity index (χ2v) is 5.18. The third-order valence-electron chi connectivity index (χ3n) is 3.93. The molecule has 3 N–H and O–H groups in total. The number of carbonyl (C=O) groups is 1. The van der Waals surface area contributed by atoms with Crippen molar-refractivity contribution in [1.82, 2.24) is 10.6 Å². The molecule has 1 aromatic carbocycles. The van der Waals surface area contributed by atoms with Crippen LogP contribution in [0.5, 0.6) is 0 Å². The Kier molecular flexibility index (Phi) is 4.56. The van der Waals surface area contributed by atoms with Gasteiger partial charge < -0.3 is 15.7 Å². The number of hydrogen-bond acceptors (Lipinski definition) is 3. The smallest absolute Gasteiger partial charge is 0.232 e. The van der Waals surface area contributed by atoms with Crippen molar-refractivity contribution in [2.75, 3.05) is 13.6 Å². The molecule has 1 amide bonds. The lowest BCUT2D eigenvalue weighted by Crippen LogP contribution is -2.53. The zero-order valence-corrected chi connectivity index (χ0v) is 11.4. The molecule has 1 saturated heterocycles. The molecule has 0 spiro atoms. The van der Waals surface area contributed by atoms with E-state index in [-0.39, 0.29) is 5.91 Å². The summed E-state index contributed by atoms with van der Waals surface area (Å²) >= 11 is 0. The fourth-order valence-corrected chi connectivity index (χ4v) is 2.84. The van der Waals surface area contributed by atoms with Gasteiger partial charge in [0.15, 0.2) is 0 Å². The highest BCUT2D eigenvalue weighted by molar-refractivity contribution is 5.89. The van der Waals surface area contributed by atoms with Crippen LogP contribution in [0, 0.1) is 0 Å². The maximum absolute atomic E-state index is 12.4. The van der Waals surface area contributed by atoms with Crippen molar-refractivity contribution >= 4 is 5.91 Å². The Morgan fingerprint density at radius 1 is 1.42 bits per heavy atom. The SMILES string of the molecule is CNCCCC1(c2ccccc2)CCC(O)NC1=O. The quantitative estimate of drug-likeness (QED) is 0.698. The molecule has 1 aliphatic heterocycles. The molecular weight excluding hydrogens is 240 g/mol. The Morgan fingerprint density at radius 3 is 2.79 bits per heavy atom. The molecule has 0 aliphatic carbocycles. The lowest BCUT2D eigenvalue weighted by Gasteiger charge is -2.38. The number of aliphatic hydroxyl groups excluding tert-OH is 1. The maximum Gasteiger partial charge on any atom is 0.232 e. The molecular formula is C15H22N2O2. The number of rotatable bonds is 5. The van der Waals surface area contributed by atoms with Gasteiger partial charge in [-0.05, 0) is 44.8 Å². The summed E-state index contributed by atoms with van der Waals surface area (Å²) in [5.41, 5.74) is 0.563. The zero-order chi connectivity index (χ0) is 13.7. The summed E-state index contributed by atoms with van der Waals surface area (Å²) in [7, 11) is 1.92. The minimum absolute atomic E-state index is 0.0476. The molecule has 2 atom stereocenters. The van der Waals surface area contributed by atoms with Crippen LogP contribution in [-0.2, 0) is 10.2 Å². The summed E-state index contributed by atoms with van der Waals surface area (Å²) in [4.78, 5) is 12.4. The highest BCUT2D eigenvalue weighted by Crippen LogP contribution is 2.37. The first-order valence-corrected chi connectivity index (χ1v) is 6.88. The van der Waals surface area contributed by atoms with Gasteiger partial charge in [-0.2, -0.15) is 0 Å². The summed E-state index contributed by atoms with van der Waals surface area (Å²) in [6, 6.07) is 9.91. The van der Waals surface area contributed by atoms with E-state index in [1.54, 1.807) is 0 Å². The molecule has 1 heterocycles. The second-order valence-electron chi connectivity index (χ2n) is 5.18. The third-order valence-corrected chi connectivity index (χ3v) is 3.93. The van der Waals surface area contributed by atoms with Crippen LogP contribution in [-0.4, -0.2) is 30.8 Å². The van der Waals surface area contributed by atoms with E-state index in [0.29, 0.717) is 12.8 Å². The third kappa shape index (κ3) is 2.96. The van der Waals surface area contributed by atoms with E-state index in [1.807, 2.05) is 37.4 Å². The molecule has 0 saturated carbocycles. The molecule has 0 aromatic heterocycles. The topological polar surface area (TPSA) is 61.4 Å². The molecule has 1 fully saturated rings. The summed E-state index contributed by atoms with van der Waals surface area (Å²) < 4.78 is 0. The number of benzene rings is 1. The molecule has 4 nitrogen and oxygen atoms in total. The lowest BCUT2D eigenvalue weighted by molar-refractivity contribution is -0.134. The van der Waals surface area contributed by atoms with Crippen LogP contribution in [0.25, 0.3) is 0 Å². The van der Waals surface area contributed by atoms with Crippen LogP contribution in [0.2, 0.25) is 0 Å². The van der Waals surface area contributed by atoms with Crippen molar-refractivity contribution in [2.45, 2.75) is 37.3 Å². The highest BCUT2D eigenvalue weighted by Gasteiger charge is 2.43. The number of aliphatic hydroxyl groups is 1. The van der Waals surface area contributed by atoms with E-state index < -0.39 is 11.6 Å². The minimum Gasteiger partial charge on any atom is -0.374 e. The Bertz CT molecular complexity index is 421. The van der Waals surface area contributed by atoms with Crippen molar-refractivity contribution in [2.24, 2.45) is 0 Å². The first-order valence-electron chi connectivity index (χ1n) is 6.88. The van der Waals surface area contributed by atoms with Gasteiger partial charge in [-0.15, -0.1) is 0 Å². The summed E-state index contributed by atoms with van der Waals surface area (Å²) in [5.74, 6) is -0.0476. The standard InChI is InChI=1S/C15H22N2O2/c1-16-11-5-9-15(12-6-3-2-4-7-12)10-8-13(18)17-14(15)19/h2-4,6-7,13,16,18H,5,8-11H2,1H3,(H,17,19). The Balaban J connectivity index is 2.25. The Morgan fingerprint density at radius 2 is 2.16 bits per heavy atom. The van der Waals surface area contributed by atoms with Crippen molar-refractivity contribution in [3.8, 4) is 0 Å². The molecule has 4 heteroatoms. The molecule has 0 bridgehead atoms. The number of hydrogen-bond donors (Lipinski definition) is 3. The van der Waals surface area contributed by atoms with Crippen LogP contribution in [0.4, 0.5) is 0 Å². The van der Waals surface area contributed by atoms with Gasteiger partial charge in [-0.25, -0.2) is 0 Å². The number of amides is 1. The van der Waals surface area contributed by atoms with Crippen LogP contribution in [0.1, 0.15) is 31.2 Å². The van der Waals surface area contributed by atoms with Gasteiger partial charge >= 0.3 is 0 Å². The van der Waals surface area contributed by atoms with E-state index in [4.69, 9.17) is 0 Å². The second kappa shape index (κ2) is 6.17. The predicted molar refractivity (Wildman–Crippen MR) is 74.7 cm³/mol. The Labute approximate surface area is 114 Å². The maximum atomic E-state index is 12.4. The van der Waals surface area contributed by atoms with E-state index in [2.05, 4.69) is 10.6 Å². The van der Waals surface area contributed by atoms with Gasteiger partial charge in [0.05, 0.1) is 5.41 Å². The van der Waals surface area contributed by atoms with Gasteiger partial charge in [-0.3, -0.25) is 4.79 Å². The van der Waals surface area contributed by atoms with Crippen LogP contribution < -0.4 is 10.6 Å². The first kappa shape index (κ1) is 14.0. The normalized spacial score (nSPS) is 27.1. The first-order chi connectivity index (χ1) is 9.19. The molecule has 1 aliphatic rings. The van der Waals surface area contributed by atoms with Crippen LogP contribution in [0.15, 0.2) is 30.3 Å². The molecule has 104 valence electrons. The van der Waals surface area contributed by atoms with Crippen molar-refractivity contribution < 1.29 is 9.90 Å². The van der Waals surface area contributed by atoms with Crippen molar-refractivity contribution in [3.63, 3.8) is 0 Å². The van der Waals surface area contributed by atoms with Gasteiger partial charge in [0.25, 0.3) is 0 Å². The number of nitrogens with one attached hydrogen (secondary N) is 2. The molecule has 1 aromatic rings. The largest absolute Gasteiger partial charge is 0.374 e. The summed E-state index contributed by atoms with van der Waals surface area (Å²) in [6.45, 7) is 0.893. The fourth-order valence-electron chi connectivity index (χ4n) is 2.84. The highest BCUT2D eigenvalue weighted by atomic mass is 16.3. The average Bonchev–Trinajstić information content (AvgIpc) is 2.43. The minimum atomic E-state index is -0.700. The number of carbonyl (C=O) groups excluding carboxylic acids is 1. The lowest BCUT2D eigenvalue weighted by atomic mass is 9.70. The fraction of sp³-hybridized carbons (Fsp3) is 0.533. The van der Waals surface area contributed by atoms with E-state index in [9.17, 15) is 9.90 Å². The van der Waals surface area contributed by atoms with Crippen LogP contribution in [0.3, 0.4) is 0 Å². The molecule has 2 rings (SSSR count). The number of piperidine rings is 1. The predicted octanol–water partition coefficient (Wildman–Crippen LogP) is 1.15. The van der Waals surface area contributed by atoms with E-state index in [0.717, 1.165) is 24.9 Å². The van der Waals surface area contributed by atoms with Gasteiger partial charge in [0.2, 0.25) is 5.91 Å². The molecule has 2 unspecified atom stereocenters. The van der Waals surface area contributed by atoms with E-state index in [1.165, 1.54) is 0 Å². The van der Waals surface area contributed by atoms with Crippen LogP contribution >= 0.6 is 0 Å². The summed E-state index contributed by atoms with van der Waals surface area (Å²) in [6.07, 6.45) is 2.35. The van der Waals surface area contributed by atoms with Crippen molar-refractivity contribution in [1.29, 1.82) is 0 Å². The summed E-state index contributed by atoms with van der Waals surface area (Å²) in [5, 5.41) is 15.4.